The number of rotatable bonds is 7. The van der Waals surface area contributed by atoms with Crippen LogP contribution in [0.2, 0.25) is 0 Å². The molecule has 220 valence electrons. The molecular formula is C30H29F3N4O4S. The number of hydrogen-bond acceptors (Lipinski definition) is 5. The van der Waals surface area contributed by atoms with Gasteiger partial charge in [-0.1, -0.05) is 48.0 Å². The summed E-state index contributed by atoms with van der Waals surface area (Å²) in [6.07, 6.45) is -2.97. The number of nitrogens with zero attached hydrogens (tertiary/aromatic N) is 3. The summed E-state index contributed by atoms with van der Waals surface area (Å²) in [5.41, 5.74) is 2.59. The fourth-order valence-electron chi connectivity index (χ4n) is 4.78. The van der Waals surface area contributed by atoms with Gasteiger partial charge in [0.05, 0.1) is 35.8 Å². The molecule has 1 aliphatic rings. The van der Waals surface area contributed by atoms with Gasteiger partial charge in [-0.05, 0) is 49.2 Å². The van der Waals surface area contributed by atoms with Crippen LogP contribution in [-0.2, 0) is 27.5 Å². The lowest BCUT2D eigenvalue weighted by atomic mass is 10.1. The quantitative estimate of drug-likeness (QED) is 0.303. The minimum Gasteiger partial charge on any atom is -0.379 e. The van der Waals surface area contributed by atoms with Crippen molar-refractivity contribution < 1.29 is 31.1 Å². The number of carbonyl (C=O) groups is 1. The summed E-state index contributed by atoms with van der Waals surface area (Å²) < 4.78 is 74.4. The molecule has 12 heteroatoms. The smallest absolute Gasteiger partial charge is 0.379 e. The van der Waals surface area contributed by atoms with E-state index < -0.39 is 27.7 Å². The van der Waals surface area contributed by atoms with Gasteiger partial charge in [-0.25, -0.2) is 8.42 Å². The van der Waals surface area contributed by atoms with E-state index in [1.807, 2.05) is 31.2 Å². The van der Waals surface area contributed by atoms with E-state index in [4.69, 9.17) is 4.74 Å². The SMILES string of the molecule is Cc1cccc(Cn2cc(C(=O)Nc3ccc(C)c(S(=O)(=O)N4CCOCC4)c3)c(-c3ccc(C(F)(F)F)cc3)n2)c1. The highest BCUT2D eigenvalue weighted by Gasteiger charge is 2.31. The molecular weight excluding hydrogens is 569 g/mol. The van der Waals surface area contributed by atoms with E-state index >= 15 is 0 Å². The van der Waals surface area contributed by atoms with E-state index in [0.29, 0.717) is 30.9 Å². The van der Waals surface area contributed by atoms with Crippen molar-refractivity contribution in [2.24, 2.45) is 0 Å². The number of halogens is 3. The first kappa shape index (κ1) is 29.5. The molecule has 42 heavy (non-hydrogen) atoms. The fourth-order valence-corrected chi connectivity index (χ4v) is 6.44. The van der Waals surface area contributed by atoms with Gasteiger partial charge in [0.25, 0.3) is 5.91 Å². The van der Waals surface area contributed by atoms with E-state index in [0.717, 1.165) is 23.3 Å². The Hall–Kier alpha value is -4.00. The minimum atomic E-state index is -4.51. The Morgan fingerprint density at radius 2 is 1.71 bits per heavy atom. The van der Waals surface area contributed by atoms with E-state index in [1.54, 1.807) is 23.7 Å². The van der Waals surface area contributed by atoms with Crippen LogP contribution in [0.25, 0.3) is 11.3 Å². The first-order chi connectivity index (χ1) is 19.9. The first-order valence-corrected chi connectivity index (χ1v) is 14.7. The highest BCUT2D eigenvalue weighted by atomic mass is 32.2. The molecule has 1 N–H and O–H groups in total. The molecule has 0 aliphatic carbocycles. The number of aromatic nitrogens is 2. The van der Waals surface area contributed by atoms with Crippen molar-refractivity contribution in [3.8, 4) is 11.3 Å². The molecule has 1 amide bonds. The van der Waals surface area contributed by atoms with Gasteiger partial charge in [-0.2, -0.15) is 22.6 Å². The summed E-state index contributed by atoms with van der Waals surface area (Å²) in [4.78, 5) is 13.7. The zero-order valence-electron chi connectivity index (χ0n) is 23.0. The van der Waals surface area contributed by atoms with Crippen LogP contribution in [0.1, 0.15) is 32.6 Å². The van der Waals surface area contributed by atoms with Gasteiger partial charge in [0.2, 0.25) is 10.0 Å². The van der Waals surface area contributed by atoms with Crippen molar-refractivity contribution >= 4 is 21.6 Å². The van der Waals surface area contributed by atoms with Crippen molar-refractivity contribution in [2.45, 2.75) is 31.5 Å². The van der Waals surface area contributed by atoms with E-state index in [-0.39, 0.29) is 34.9 Å². The summed E-state index contributed by atoms with van der Waals surface area (Å²) in [6, 6.07) is 16.8. The number of ether oxygens (including phenoxy) is 1. The van der Waals surface area contributed by atoms with Crippen LogP contribution in [0, 0.1) is 13.8 Å². The number of alkyl halides is 3. The maximum absolute atomic E-state index is 13.6. The van der Waals surface area contributed by atoms with Crippen LogP contribution < -0.4 is 5.32 Å². The topological polar surface area (TPSA) is 93.5 Å². The molecule has 1 fully saturated rings. The minimum absolute atomic E-state index is 0.0697. The van der Waals surface area contributed by atoms with Crippen molar-refractivity contribution in [2.75, 3.05) is 31.6 Å². The number of sulfonamides is 1. The molecule has 8 nitrogen and oxygen atoms in total. The van der Waals surface area contributed by atoms with Gasteiger partial charge < -0.3 is 10.1 Å². The van der Waals surface area contributed by atoms with E-state index in [2.05, 4.69) is 10.4 Å². The predicted octanol–water partition coefficient (Wildman–Crippen LogP) is 5.51. The van der Waals surface area contributed by atoms with E-state index in [1.165, 1.54) is 28.7 Å². The van der Waals surface area contributed by atoms with Crippen molar-refractivity contribution in [3.63, 3.8) is 0 Å². The molecule has 2 heterocycles. The first-order valence-electron chi connectivity index (χ1n) is 13.2. The largest absolute Gasteiger partial charge is 0.416 e. The Bertz CT molecular complexity index is 1710. The van der Waals surface area contributed by atoms with E-state index in [9.17, 15) is 26.4 Å². The number of aryl methyl sites for hydroxylation is 2. The Labute approximate surface area is 241 Å². The number of carbonyl (C=O) groups excluding carboxylic acids is 1. The second kappa shape index (κ2) is 11.7. The summed E-state index contributed by atoms with van der Waals surface area (Å²) in [6.45, 7) is 5.02. The normalized spacial score (nSPS) is 14.6. The van der Waals surface area contributed by atoms with Gasteiger partial charge in [-0.15, -0.1) is 0 Å². The summed E-state index contributed by atoms with van der Waals surface area (Å²) in [7, 11) is -3.82. The molecule has 0 saturated carbocycles. The Balaban J connectivity index is 1.48. The number of hydrogen-bond donors (Lipinski definition) is 1. The molecule has 3 aromatic carbocycles. The number of anilines is 1. The highest BCUT2D eigenvalue weighted by Crippen LogP contribution is 2.32. The fraction of sp³-hybridized carbons (Fsp3) is 0.267. The maximum Gasteiger partial charge on any atom is 0.416 e. The van der Waals surface area contributed by atoms with Crippen LogP contribution in [0.15, 0.2) is 77.8 Å². The Kier molecular flexibility index (Phi) is 8.22. The highest BCUT2D eigenvalue weighted by molar-refractivity contribution is 7.89. The monoisotopic (exact) mass is 598 g/mol. The van der Waals surface area contributed by atoms with Crippen molar-refractivity contribution in [3.05, 3.63) is 101 Å². The zero-order chi connectivity index (χ0) is 30.1. The summed E-state index contributed by atoms with van der Waals surface area (Å²) in [5, 5.41) is 7.31. The lowest BCUT2D eigenvalue weighted by Crippen LogP contribution is -2.40. The number of nitrogens with one attached hydrogen (secondary N) is 1. The van der Waals surface area contributed by atoms with Gasteiger partial charge >= 0.3 is 6.18 Å². The molecule has 0 spiro atoms. The third-order valence-electron chi connectivity index (χ3n) is 6.95. The average molecular weight is 599 g/mol. The second-order valence-electron chi connectivity index (χ2n) is 10.1. The molecule has 0 atom stereocenters. The lowest BCUT2D eigenvalue weighted by molar-refractivity contribution is -0.137. The van der Waals surface area contributed by atoms with Gasteiger partial charge in [0, 0.05) is 30.5 Å². The summed E-state index contributed by atoms with van der Waals surface area (Å²) in [5.74, 6) is -0.584. The van der Waals surface area contributed by atoms with Gasteiger partial charge in [-0.3, -0.25) is 9.48 Å². The van der Waals surface area contributed by atoms with Crippen molar-refractivity contribution in [1.82, 2.24) is 14.1 Å². The number of amides is 1. The molecule has 1 aliphatic heterocycles. The number of morpholine rings is 1. The Morgan fingerprint density at radius 1 is 1.00 bits per heavy atom. The van der Waals surface area contributed by atoms with Crippen LogP contribution in [0.4, 0.5) is 18.9 Å². The number of benzene rings is 3. The van der Waals surface area contributed by atoms with Crippen LogP contribution in [-0.4, -0.2) is 54.7 Å². The molecule has 1 saturated heterocycles. The molecule has 4 aromatic rings. The molecule has 0 bridgehead atoms. The lowest BCUT2D eigenvalue weighted by Gasteiger charge is -2.26. The maximum atomic E-state index is 13.6. The Morgan fingerprint density at radius 3 is 2.38 bits per heavy atom. The zero-order valence-corrected chi connectivity index (χ0v) is 23.8. The standard InChI is InChI=1S/C30H29F3N4O4S/c1-20-4-3-5-22(16-20)18-36-19-26(28(35-36)23-7-9-24(10-8-23)30(31,32)33)29(38)34-25-11-6-21(2)27(17-25)42(39,40)37-12-14-41-15-13-37/h3-11,16-17,19H,12-15,18H2,1-2H3,(H,34,38). The van der Waals surface area contributed by atoms with Gasteiger partial charge in [0.1, 0.15) is 5.69 Å². The summed E-state index contributed by atoms with van der Waals surface area (Å²) >= 11 is 0. The third kappa shape index (κ3) is 6.40. The van der Waals surface area contributed by atoms with Crippen LogP contribution in [0.3, 0.4) is 0 Å². The molecule has 0 unspecified atom stereocenters. The molecule has 5 rings (SSSR count). The molecule has 0 radical (unpaired) electrons. The van der Waals surface area contributed by atoms with Crippen LogP contribution in [0.5, 0.6) is 0 Å². The second-order valence-corrected chi connectivity index (χ2v) is 12.0. The van der Waals surface area contributed by atoms with Crippen molar-refractivity contribution in [1.29, 1.82) is 0 Å². The molecule has 1 aromatic heterocycles. The van der Waals surface area contributed by atoms with Gasteiger partial charge in [0.15, 0.2) is 0 Å². The average Bonchev–Trinajstić information content (AvgIpc) is 3.38. The van der Waals surface area contributed by atoms with Crippen LogP contribution >= 0.6 is 0 Å². The third-order valence-corrected chi connectivity index (χ3v) is 8.99. The predicted molar refractivity (Wildman–Crippen MR) is 152 cm³/mol.